The molecule has 1 saturated heterocycles. The van der Waals surface area contributed by atoms with Gasteiger partial charge in [-0.25, -0.2) is 0 Å². The fourth-order valence-electron chi connectivity index (χ4n) is 2.26. The van der Waals surface area contributed by atoms with E-state index in [1.807, 2.05) is 6.92 Å². The number of nitrogens with one attached hydrogen (secondary N) is 1. The van der Waals surface area contributed by atoms with Crippen LogP contribution in [0, 0.1) is 6.92 Å². The van der Waals surface area contributed by atoms with Crippen LogP contribution in [0.5, 0.6) is 0 Å². The lowest BCUT2D eigenvalue weighted by Crippen LogP contribution is -2.35. The summed E-state index contributed by atoms with van der Waals surface area (Å²) in [6.07, 6.45) is 2.53. The molecular weight excluding hydrogens is 254 g/mol. The second-order valence-electron chi connectivity index (χ2n) is 6.55. The van der Waals surface area contributed by atoms with E-state index in [2.05, 4.69) is 32.2 Å². The second kappa shape index (κ2) is 6.74. The fraction of sp³-hybridized carbons (Fsp3) is 0.750. The molecule has 0 bridgehead atoms. The van der Waals surface area contributed by atoms with Crippen LogP contribution in [0.15, 0.2) is 10.5 Å². The molecule has 1 N–H and O–H groups in total. The van der Waals surface area contributed by atoms with Gasteiger partial charge in [0.1, 0.15) is 18.1 Å². The minimum atomic E-state index is 0.111. The summed E-state index contributed by atoms with van der Waals surface area (Å²) >= 11 is 0. The average Bonchev–Trinajstić information content (AvgIpc) is 2.96. The molecule has 0 spiro atoms. The van der Waals surface area contributed by atoms with Crippen molar-refractivity contribution in [2.45, 2.75) is 65.3 Å². The summed E-state index contributed by atoms with van der Waals surface area (Å²) in [5.41, 5.74) is 1.32. The maximum atomic E-state index is 5.74. The normalized spacial score (nSPS) is 19.7. The molecule has 1 aromatic heterocycles. The van der Waals surface area contributed by atoms with Crippen LogP contribution < -0.4 is 5.32 Å². The molecule has 0 saturated carbocycles. The van der Waals surface area contributed by atoms with Crippen molar-refractivity contribution in [2.24, 2.45) is 0 Å². The van der Waals surface area contributed by atoms with Gasteiger partial charge in [-0.05, 0) is 46.6 Å². The molecule has 1 aliphatic rings. The van der Waals surface area contributed by atoms with Crippen molar-refractivity contribution in [2.75, 3.05) is 13.2 Å². The van der Waals surface area contributed by atoms with Crippen molar-refractivity contribution in [3.8, 4) is 0 Å². The van der Waals surface area contributed by atoms with Crippen molar-refractivity contribution < 1.29 is 13.9 Å². The Morgan fingerprint density at radius 2 is 2.20 bits per heavy atom. The van der Waals surface area contributed by atoms with Gasteiger partial charge < -0.3 is 19.2 Å². The van der Waals surface area contributed by atoms with E-state index in [-0.39, 0.29) is 11.6 Å². The summed E-state index contributed by atoms with van der Waals surface area (Å²) < 4.78 is 16.9. The fourth-order valence-corrected chi connectivity index (χ4v) is 2.26. The zero-order valence-electron chi connectivity index (χ0n) is 13.1. The lowest BCUT2D eigenvalue weighted by atomic mass is 10.1. The molecule has 0 aromatic carbocycles. The molecule has 1 unspecified atom stereocenters. The molecule has 2 rings (SSSR count). The Morgan fingerprint density at radius 3 is 2.85 bits per heavy atom. The summed E-state index contributed by atoms with van der Waals surface area (Å²) in [7, 11) is 0. The van der Waals surface area contributed by atoms with E-state index < -0.39 is 0 Å². The summed E-state index contributed by atoms with van der Waals surface area (Å²) in [6, 6.07) is 2.09. The number of rotatable bonds is 6. The molecule has 114 valence electrons. The summed E-state index contributed by atoms with van der Waals surface area (Å²) in [5.74, 6) is 1.86. The molecule has 0 radical (unpaired) electrons. The zero-order valence-corrected chi connectivity index (χ0v) is 13.1. The van der Waals surface area contributed by atoms with Crippen LogP contribution >= 0.6 is 0 Å². The maximum Gasteiger partial charge on any atom is 0.130 e. The molecule has 1 atom stereocenters. The molecule has 4 nitrogen and oxygen atoms in total. The van der Waals surface area contributed by atoms with Gasteiger partial charge in [0, 0.05) is 24.3 Å². The van der Waals surface area contributed by atoms with Crippen molar-refractivity contribution in [3.63, 3.8) is 0 Å². The Morgan fingerprint density at radius 1 is 1.40 bits per heavy atom. The first-order valence-corrected chi connectivity index (χ1v) is 7.46. The first-order valence-electron chi connectivity index (χ1n) is 7.46. The molecular formula is C16H27NO3. The zero-order chi connectivity index (χ0) is 14.6. The van der Waals surface area contributed by atoms with Gasteiger partial charge in [0.2, 0.25) is 0 Å². The van der Waals surface area contributed by atoms with Crippen LogP contribution in [0.25, 0.3) is 0 Å². The minimum Gasteiger partial charge on any atom is -0.464 e. The van der Waals surface area contributed by atoms with Gasteiger partial charge >= 0.3 is 0 Å². The van der Waals surface area contributed by atoms with E-state index >= 15 is 0 Å². The van der Waals surface area contributed by atoms with Gasteiger partial charge in [0.25, 0.3) is 0 Å². The van der Waals surface area contributed by atoms with Crippen molar-refractivity contribution in [1.29, 1.82) is 0 Å². The molecule has 0 aliphatic carbocycles. The lowest BCUT2D eigenvalue weighted by Gasteiger charge is -2.20. The van der Waals surface area contributed by atoms with Crippen LogP contribution in [0.2, 0.25) is 0 Å². The first kappa shape index (κ1) is 15.5. The van der Waals surface area contributed by atoms with Crippen LogP contribution in [0.1, 0.15) is 50.7 Å². The highest BCUT2D eigenvalue weighted by Gasteiger charge is 2.16. The Kier molecular flexibility index (Phi) is 5.24. The molecule has 1 aliphatic heterocycles. The molecule has 0 amide bonds. The van der Waals surface area contributed by atoms with Crippen molar-refractivity contribution >= 4 is 0 Å². The standard InChI is InChI=1S/C16H27NO3/c1-12-13(9-17-16(2,3)4)8-15(20-12)11-18-10-14-6-5-7-19-14/h8,14,17H,5-7,9-11H2,1-4H3. The molecule has 1 fully saturated rings. The Balaban J connectivity index is 1.77. The van der Waals surface area contributed by atoms with Gasteiger partial charge in [-0.2, -0.15) is 0 Å². The Bertz CT molecular complexity index is 414. The molecule has 20 heavy (non-hydrogen) atoms. The molecule has 1 aromatic rings. The Hall–Kier alpha value is -0.840. The van der Waals surface area contributed by atoms with E-state index in [0.717, 1.165) is 37.5 Å². The number of hydrogen-bond donors (Lipinski definition) is 1. The van der Waals surface area contributed by atoms with Gasteiger partial charge in [0.05, 0.1) is 12.7 Å². The van der Waals surface area contributed by atoms with E-state index in [0.29, 0.717) is 13.2 Å². The summed E-state index contributed by atoms with van der Waals surface area (Å²) in [4.78, 5) is 0. The quantitative estimate of drug-likeness (QED) is 0.870. The van der Waals surface area contributed by atoms with Crippen LogP contribution in [-0.2, 0) is 22.6 Å². The van der Waals surface area contributed by atoms with Gasteiger partial charge in [-0.1, -0.05) is 0 Å². The highest BCUT2D eigenvalue weighted by atomic mass is 16.5. The third-order valence-corrected chi connectivity index (χ3v) is 3.45. The number of hydrogen-bond acceptors (Lipinski definition) is 4. The van der Waals surface area contributed by atoms with Crippen LogP contribution in [0.3, 0.4) is 0 Å². The van der Waals surface area contributed by atoms with Crippen molar-refractivity contribution in [1.82, 2.24) is 5.32 Å². The molecule has 2 heterocycles. The van der Waals surface area contributed by atoms with Crippen LogP contribution in [-0.4, -0.2) is 24.9 Å². The SMILES string of the molecule is Cc1oc(COCC2CCCO2)cc1CNC(C)(C)C. The lowest BCUT2D eigenvalue weighted by molar-refractivity contribution is 0.00566. The monoisotopic (exact) mass is 281 g/mol. The van der Waals surface area contributed by atoms with Gasteiger partial charge in [0.15, 0.2) is 0 Å². The number of furan rings is 1. The summed E-state index contributed by atoms with van der Waals surface area (Å²) in [5, 5.41) is 3.47. The second-order valence-corrected chi connectivity index (χ2v) is 6.55. The molecule has 4 heteroatoms. The van der Waals surface area contributed by atoms with E-state index in [4.69, 9.17) is 13.9 Å². The highest BCUT2D eigenvalue weighted by molar-refractivity contribution is 5.20. The topological polar surface area (TPSA) is 43.6 Å². The minimum absolute atomic E-state index is 0.111. The number of ether oxygens (including phenoxy) is 2. The van der Waals surface area contributed by atoms with E-state index in [9.17, 15) is 0 Å². The van der Waals surface area contributed by atoms with E-state index in [1.54, 1.807) is 0 Å². The smallest absolute Gasteiger partial charge is 0.130 e. The summed E-state index contributed by atoms with van der Waals surface area (Å²) in [6.45, 7) is 11.4. The number of aryl methyl sites for hydroxylation is 1. The largest absolute Gasteiger partial charge is 0.464 e. The van der Waals surface area contributed by atoms with Crippen molar-refractivity contribution in [3.05, 3.63) is 23.2 Å². The van der Waals surface area contributed by atoms with Gasteiger partial charge in [-0.3, -0.25) is 0 Å². The van der Waals surface area contributed by atoms with E-state index in [1.165, 1.54) is 5.56 Å². The first-order chi connectivity index (χ1) is 9.44. The predicted octanol–water partition coefficient (Wildman–Crippen LogP) is 3.17. The average molecular weight is 281 g/mol. The third-order valence-electron chi connectivity index (χ3n) is 3.45. The third kappa shape index (κ3) is 4.93. The van der Waals surface area contributed by atoms with Crippen LogP contribution in [0.4, 0.5) is 0 Å². The highest BCUT2D eigenvalue weighted by Crippen LogP contribution is 2.18. The predicted molar refractivity (Wildman–Crippen MR) is 78.7 cm³/mol. The van der Waals surface area contributed by atoms with Gasteiger partial charge in [-0.15, -0.1) is 0 Å². The maximum absolute atomic E-state index is 5.74. The Labute approximate surface area is 121 Å².